The Morgan fingerprint density at radius 1 is 1.18 bits per heavy atom. The fourth-order valence-electron chi connectivity index (χ4n) is 5.13. The lowest BCUT2D eigenvalue weighted by Crippen LogP contribution is -2.60. The summed E-state index contributed by atoms with van der Waals surface area (Å²) in [5.41, 5.74) is 7.11. The number of nitrogens with two attached hydrogens (primary N) is 1. The molecule has 0 bridgehead atoms. The average Bonchev–Trinajstić information content (AvgIpc) is 3.11. The molecule has 1 atom stereocenters. The molecule has 2 fully saturated rings. The normalized spacial score (nSPS) is 22.5. The number of rotatable bonds is 3. The van der Waals surface area contributed by atoms with E-state index in [4.69, 9.17) is 10.5 Å². The van der Waals surface area contributed by atoms with Crippen molar-refractivity contribution in [3.05, 3.63) is 30.0 Å². The van der Waals surface area contributed by atoms with Gasteiger partial charge in [-0.2, -0.15) is 0 Å². The number of likely N-dealkylation sites (N-methyl/N-ethyl adjacent to an activating group) is 1. The highest BCUT2D eigenvalue weighted by Crippen LogP contribution is 2.44. The lowest BCUT2D eigenvalue weighted by atomic mass is 9.66. The van der Waals surface area contributed by atoms with Crippen molar-refractivity contribution in [1.29, 1.82) is 0 Å². The summed E-state index contributed by atoms with van der Waals surface area (Å²) in [6.45, 7) is 2.20. The zero-order valence-corrected chi connectivity index (χ0v) is 16.5. The van der Waals surface area contributed by atoms with Crippen LogP contribution in [0.1, 0.15) is 36.2 Å². The maximum Gasteiger partial charge on any atom is 0.270 e. The number of amides is 2. The highest BCUT2D eigenvalue weighted by Gasteiger charge is 2.48. The molecule has 1 aromatic heterocycles. The van der Waals surface area contributed by atoms with Crippen LogP contribution in [0, 0.1) is 5.41 Å². The standard InChI is InChI=1S/C21H28N4O3/c1-24-9-3-6-21(18(24)19(22)26)7-10-25(11-8-21)20(27)17-12-14-4-5-15(28-2)13-16(14)23-17/h4-5,12-13,18,23H,3,6-11H2,1-2H3,(H2,22,26). The summed E-state index contributed by atoms with van der Waals surface area (Å²) in [7, 11) is 3.61. The third kappa shape index (κ3) is 3.13. The van der Waals surface area contributed by atoms with Crippen molar-refractivity contribution in [1.82, 2.24) is 14.8 Å². The molecule has 0 aliphatic carbocycles. The number of aromatic amines is 1. The van der Waals surface area contributed by atoms with E-state index in [1.54, 1.807) is 7.11 Å². The van der Waals surface area contributed by atoms with Crippen LogP contribution in [0.4, 0.5) is 0 Å². The van der Waals surface area contributed by atoms with E-state index >= 15 is 0 Å². The number of carbonyl (C=O) groups is 2. The van der Waals surface area contributed by atoms with Crippen LogP contribution in [0.2, 0.25) is 0 Å². The maximum atomic E-state index is 13.0. The molecular formula is C21H28N4O3. The summed E-state index contributed by atoms with van der Waals surface area (Å²) in [5, 5.41) is 0.986. The fourth-order valence-corrected chi connectivity index (χ4v) is 5.13. The molecule has 7 heteroatoms. The van der Waals surface area contributed by atoms with Gasteiger partial charge in [0.2, 0.25) is 5.91 Å². The van der Waals surface area contributed by atoms with Crippen molar-refractivity contribution >= 4 is 22.7 Å². The summed E-state index contributed by atoms with van der Waals surface area (Å²) in [4.78, 5) is 32.3. The number of H-pyrrole nitrogens is 1. The Kier molecular flexibility index (Phi) is 4.79. The van der Waals surface area contributed by atoms with Gasteiger partial charge >= 0.3 is 0 Å². The summed E-state index contributed by atoms with van der Waals surface area (Å²) in [6, 6.07) is 7.38. The Labute approximate surface area is 164 Å². The number of likely N-dealkylation sites (tertiary alicyclic amines) is 2. The number of piperidine rings is 2. The molecule has 2 amide bonds. The number of fused-ring (bicyclic) bond motifs is 1. The third-order valence-electron chi connectivity index (χ3n) is 6.58. The number of nitrogens with zero attached hydrogens (tertiary/aromatic N) is 2. The van der Waals surface area contributed by atoms with E-state index < -0.39 is 0 Å². The van der Waals surface area contributed by atoms with Crippen LogP contribution in [0.5, 0.6) is 5.75 Å². The molecular weight excluding hydrogens is 356 g/mol. The Bertz CT molecular complexity index is 898. The van der Waals surface area contributed by atoms with Gasteiger partial charge in [0.1, 0.15) is 11.4 Å². The Hall–Kier alpha value is -2.54. The topological polar surface area (TPSA) is 91.7 Å². The molecule has 0 saturated carbocycles. The fraction of sp³-hybridized carbons (Fsp3) is 0.524. The average molecular weight is 384 g/mol. The number of aromatic nitrogens is 1. The quantitative estimate of drug-likeness (QED) is 0.846. The van der Waals surface area contributed by atoms with Crippen LogP contribution in [-0.2, 0) is 4.79 Å². The predicted molar refractivity (Wildman–Crippen MR) is 107 cm³/mol. The first-order chi connectivity index (χ1) is 13.4. The van der Waals surface area contributed by atoms with Crippen LogP contribution in [0.3, 0.4) is 0 Å². The second-order valence-corrected chi connectivity index (χ2v) is 8.18. The van der Waals surface area contributed by atoms with Gasteiger partial charge in [0.15, 0.2) is 0 Å². The molecule has 1 spiro atoms. The van der Waals surface area contributed by atoms with Gasteiger partial charge in [-0.05, 0) is 62.9 Å². The summed E-state index contributed by atoms with van der Waals surface area (Å²) in [5.74, 6) is 0.517. The van der Waals surface area contributed by atoms with Gasteiger partial charge in [-0.25, -0.2) is 0 Å². The second kappa shape index (κ2) is 7.13. The zero-order chi connectivity index (χ0) is 19.9. The van der Waals surface area contributed by atoms with E-state index in [-0.39, 0.29) is 23.3 Å². The van der Waals surface area contributed by atoms with Crippen molar-refractivity contribution in [3.63, 3.8) is 0 Å². The highest BCUT2D eigenvalue weighted by atomic mass is 16.5. The van der Waals surface area contributed by atoms with E-state index in [2.05, 4.69) is 9.88 Å². The van der Waals surface area contributed by atoms with Gasteiger partial charge in [0, 0.05) is 30.1 Å². The molecule has 2 aliphatic heterocycles. The molecule has 2 aromatic rings. The second-order valence-electron chi connectivity index (χ2n) is 8.18. The first-order valence-electron chi connectivity index (χ1n) is 9.89. The lowest BCUT2D eigenvalue weighted by Gasteiger charge is -2.51. The number of primary amides is 1. The lowest BCUT2D eigenvalue weighted by molar-refractivity contribution is -0.132. The molecule has 2 saturated heterocycles. The number of hydrogen-bond donors (Lipinski definition) is 2. The molecule has 4 rings (SSSR count). The third-order valence-corrected chi connectivity index (χ3v) is 6.58. The van der Waals surface area contributed by atoms with Crippen molar-refractivity contribution in [2.75, 3.05) is 33.8 Å². The SMILES string of the molecule is COc1ccc2cc(C(=O)N3CCC4(CCCN(C)C4C(N)=O)CC3)[nH]c2c1. The minimum Gasteiger partial charge on any atom is -0.497 e. The van der Waals surface area contributed by atoms with Crippen molar-refractivity contribution < 1.29 is 14.3 Å². The van der Waals surface area contributed by atoms with Gasteiger partial charge in [0.05, 0.1) is 13.2 Å². The Morgan fingerprint density at radius 2 is 1.93 bits per heavy atom. The summed E-state index contributed by atoms with van der Waals surface area (Å²) < 4.78 is 5.25. The molecule has 150 valence electrons. The van der Waals surface area contributed by atoms with Gasteiger partial charge in [-0.3, -0.25) is 14.5 Å². The van der Waals surface area contributed by atoms with E-state index in [0.717, 1.165) is 48.9 Å². The molecule has 28 heavy (non-hydrogen) atoms. The van der Waals surface area contributed by atoms with Crippen molar-refractivity contribution in [2.45, 2.75) is 31.7 Å². The van der Waals surface area contributed by atoms with Crippen LogP contribution in [0.25, 0.3) is 10.9 Å². The molecule has 0 radical (unpaired) electrons. The van der Waals surface area contributed by atoms with Crippen molar-refractivity contribution in [2.24, 2.45) is 11.1 Å². The summed E-state index contributed by atoms with van der Waals surface area (Å²) in [6.07, 6.45) is 3.69. The molecule has 1 unspecified atom stereocenters. The monoisotopic (exact) mass is 384 g/mol. The van der Waals surface area contributed by atoms with Gasteiger partial charge in [-0.1, -0.05) is 0 Å². The van der Waals surface area contributed by atoms with Crippen LogP contribution in [0.15, 0.2) is 24.3 Å². The zero-order valence-electron chi connectivity index (χ0n) is 16.5. The minimum absolute atomic E-state index is 0.00445. The number of ether oxygens (including phenoxy) is 1. The number of hydrogen-bond acceptors (Lipinski definition) is 4. The number of benzene rings is 1. The smallest absolute Gasteiger partial charge is 0.270 e. The largest absolute Gasteiger partial charge is 0.497 e. The minimum atomic E-state index is -0.244. The van der Waals surface area contributed by atoms with Crippen molar-refractivity contribution in [3.8, 4) is 5.75 Å². The van der Waals surface area contributed by atoms with Gasteiger partial charge < -0.3 is 20.4 Å². The molecule has 3 N–H and O–H groups in total. The van der Waals surface area contributed by atoms with E-state index in [0.29, 0.717) is 18.8 Å². The van der Waals surface area contributed by atoms with Crippen LogP contribution in [-0.4, -0.2) is 66.4 Å². The predicted octanol–water partition coefficient (Wildman–Crippen LogP) is 1.98. The Balaban J connectivity index is 1.50. The van der Waals surface area contributed by atoms with Gasteiger partial charge in [0.25, 0.3) is 5.91 Å². The highest BCUT2D eigenvalue weighted by molar-refractivity contribution is 5.98. The summed E-state index contributed by atoms with van der Waals surface area (Å²) >= 11 is 0. The first-order valence-corrected chi connectivity index (χ1v) is 9.89. The Morgan fingerprint density at radius 3 is 2.61 bits per heavy atom. The molecule has 3 heterocycles. The first kappa shape index (κ1) is 18.8. The number of carbonyl (C=O) groups excluding carboxylic acids is 2. The van der Waals surface area contributed by atoms with Crippen LogP contribution < -0.4 is 10.5 Å². The van der Waals surface area contributed by atoms with Gasteiger partial charge in [-0.15, -0.1) is 0 Å². The maximum absolute atomic E-state index is 13.0. The molecule has 2 aliphatic rings. The van der Waals surface area contributed by atoms with E-state index in [9.17, 15) is 9.59 Å². The number of nitrogens with one attached hydrogen (secondary N) is 1. The molecule has 7 nitrogen and oxygen atoms in total. The number of methoxy groups -OCH3 is 1. The van der Waals surface area contributed by atoms with E-state index in [1.165, 1.54) is 0 Å². The van der Waals surface area contributed by atoms with E-state index in [1.807, 2.05) is 36.2 Å². The molecule has 1 aromatic carbocycles. The van der Waals surface area contributed by atoms with Crippen LogP contribution >= 0.6 is 0 Å².